The van der Waals surface area contributed by atoms with Crippen LogP contribution >= 0.6 is 0 Å². The molecule has 0 spiro atoms. The van der Waals surface area contributed by atoms with Gasteiger partial charge in [0.05, 0.1) is 6.54 Å². The van der Waals surface area contributed by atoms with E-state index in [9.17, 15) is 0 Å². The summed E-state index contributed by atoms with van der Waals surface area (Å²) in [6, 6.07) is 18.7. The Labute approximate surface area is 137 Å². The van der Waals surface area contributed by atoms with Crippen molar-refractivity contribution >= 4 is 5.71 Å². The van der Waals surface area contributed by atoms with Crippen LogP contribution in [-0.4, -0.2) is 30.4 Å². The van der Waals surface area contributed by atoms with E-state index in [0.29, 0.717) is 12.6 Å². The molecule has 2 heterocycles. The molecular formula is C20H22N2O. The van der Waals surface area contributed by atoms with E-state index in [1.807, 2.05) is 30.3 Å². The molecule has 2 aliphatic rings. The smallest absolute Gasteiger partial charge is 0.142 e. The minimum atomic E-state index is 0.603. The number of benzene rings is 2. The highest BCUT2D eigenvalue weighted by Crippen LogP contribution is 2.28. The van der Waals surface area contributed by atoms with Gasteiger partial charge in [-0.2, -0.15) is 0 Å². The molecule has 3 heteroatoms. The first-order valence-corrected chi connectivity index (χ1v) is 8.43. The summed E-state index contributed by atoms with van der Waals surface area (Å²) in [4.78, 5) is 7.21. The zero-order chi connectivity index (χ0) is 15.5. The summed E-state index contributed by atoms with van der Waals surface area (Å²) < 4.78 is 5.86. The predicted octanol–water partition coefficient (Wildman–Crippen LogP) is 3.74. The Morgan fingerprint density at radius 3 is 2.52 bits per heavy atom. The number of aliphatic imine (C=N–C) groups is 1. The summed E-state index contributed by atoms with van der Waals surface area (Å²) in [7, 11) is 0. The van der Waals surface area contributed by atoms with Crippen LogP contribution in [0.4, 0.5) is 0 Å². The van der Waals surface area contributed by atoms with Crippen LogP contribution in [0.1, 0.15) is 24.0 Å². The Morgan fingerprint density at radius 2 is 1.70 bits per heavy atom. The molecule has 0 aliphatic carbocycles. The van der Waals surface area contributed by atoms with E-state index >= 15 is 0 Å². The molecule has 0 unspecified atom stereocenters. The molecule has 2 aromatic rings. The summed E-state index contributed by atoms with van der Waals surface area (Å²) in [5.74, 6) is 1.55. The number of hydrogen-bond acceptors (Lipinski definition) is 3. The zero-order valence-corrected chi connectivity index (χ0v) is 13.3. The van der Waals surface area contributed by atoms with E-state index in [4.69, 9.17) is 9.73 Å². The third-order valence-electron chi connectivity index (χ3n) is 4.84. The van der Waals surface area contributed by atoms with Crippen molar-refractivity contribution in [2.24, 2.45) is 10.9 Å². The van der Waals surface area contributed by atoms with Crippen LogP contribution in [0.5, 0.6) is 5.75 Å². The lowest BCUT2D eigenvalue weighted by Crippen LogP contribution is -2.38. The van der Waals surface area contributed by atoms with Crippen LogP contribution in [0, 0.1) is 5.92 Å². The molecule has 0 bridgehead atoms. The first kappa shape index (κ1) is 14.5. The Balaban J connectivity index is 1.32. The Hall–Kier alpha value is -2.13. The maximum absolute atomic E-state index is 5.86. The molecule has 2 aliphatic heterocycles. The minimum absolute atomic E-state index is 0.603. The van der Waals surface area contributed by atoms with Gasteiger partial charge in [-0.05, 0) is 30.5 Å². The van der Waals surface area contributed by atoms with Crippen molar-refractivity contribution in [3.05, 3.63) is 65.7 Å². The fraction of sp³-hybridized carbons (Fsp3) is 0.350. The average Bonchev–Trinajstić information content (AvgIpc) is 3.05. The van der Waals surface area contributed by atoms with E-state index in [0.717, 1.165) is 25.4 Å². The van der Waals surface area contributed by atoms with Crippen LogP contribution in [0.25, 0.3) is 0 Å². The number of para-hydroxylation sites is 1. The van der Waals surface area contributed by atoms with Crippen molar-refractivity contribution in [3.8, 4) is 5.75 Å². The largest absolute Gasteiger partial charge is 0.478 e. The molecule has 0 amide bonds. The second-order valence-corrected chi connectivity index (χ2v) is 6.34. The molecule has 4 rings (SSSR count). The maximum Gasteiger partial charge on any atom is 0.142 e. The van der Waals surface area contributed by atoms with Gasteiger partial charge in [-0.1, -0.05) is 42.5 Å². The lowest BCUT2D eigenvalue weighted by Gasteiger charge is -2.31. The summed E-state index contributed by atoms with van der Waals surface area (Å²) in [5, 5.41) is 0. The van der Waals surface area contributed by atoms with Crippen LogP contribution < -0.4 is 4.74 Å². The first-order valence-electron chi connectivity index (χ1n) is 8.43. The van der Waals surface area contributed by atoms with Crippen LogP contribution in [0.2, 0.25) is 0 Å². The Morgan fingerprint density at radius 1 is 0.957 bits per heavy atom. The Kier molecular flexibility index (Phi) is 4.12. The molecule has 0 aromatic heterocycles. The van der Waals surface area contributed by atoms with E-state index in [1.54, 1.807) is 0 Å². The number of nitrogens with zero attached hydrogens (tertiary/aromatic N) is 2. The molecule has 1 fully saturated rings. The number of fused-ring (bicyclic) bond motifs is 1. The van der Waals surface area contributed by atoms with E-state index < -0.39 is 0 Å². The van der Waals surface area contributed by atoms with Crippen molar-refractivity contribution < 1.29 is 4.74 Å². The summed E-state index contributed by atoms with van der Waals surface area (Å²) >= 11 is 0. The van der Waals surface area contributed by atoms with Crippen LogP contribution in [0.3, 0.4) is 0 Å². The molecule has 23 heavy (non-hydrogen) atoms. The molecule has 0 saturated carbocycles. The third kappa shape index (κ3) is 3.15. The Bertz CT molecular complexity index is 688. The molecule has 3 nitrogen and oxygen atoms in total. The van der Waals surface area contributed by atoms with Gasteiger partial charge in [0.2, 0.25) is 0 Å². The molecule has 2 aromatic carbocycles. The monoisotopic (exact) mass is 306 g/mol. The normalized spacial score (nSPS) is 18.5. The molecule has 0 N–H and O–H groups in total. The number of likely N-dealkylation sites (tertiary alicyclic amines) is 1. The van der Waals surface area contributed by atoms with Gasteiger partial charge in [-0.25, -0.2) is 0 Å². The quantitative estimate of drug-likeness (QED) is 0.859. The minimum Gasteiger partial charge on any atom is -0.478 e. The highest BCUT2D eigenvalue weighted by Gasteiger charge is 2.27. The molecule has 0 atom stereocenters. The van der Waals surface area contributed by atoms with Crippen molar-refractivity contribution in [1.82, 2.24) is 4.90 Å². The topological polar surface area (TPSA) is 24.8 Å². The van der Waals surface area contributed by atoms with E-state index in [2.05, 4.69) is 29.2 Å². The highest BCUT2D eigenvalue weighted by atomic mass is 16.5. The average molecular weight is 306 g/mol. The van der Waals surface area contributed by atoms with Gasteiger partial charge < -0.3 is 4.74 Å². The van der Waals surface area contributed by atoms with E-state index in [-0.39, 0.29) is 0 Å². The lowest BCUT2D eigenvalue weighted by atomic mass is 9.88. The van der Waals surface area contributed by atoms with Crippen LogP contribution in [-0.2, 0) is 6.54 Å². The van der Waals surface area contributed by atoms with Gasteiger partial charge in [-0.3, -0.25) is 9.89 Å². The molecule has 1 saturated heterocycles. The molecule has 118 valence electrons. The van der Waals surface area contributed by atoms with Crippen LogP contribution in [0.15, 0.2) is 59.6 Å². The number of piperidine rings is 1. The van der Waals surface area contributed by atoms with E-state index in [1.165, 1.54) is 29.7 Å². The van der Waals surface area contributed by atoms with Gasteiger partial charge in [0.1, 0.15) is 12.5 Å². The fourth-order valence-corrected chi connectivity index (χ4v) is 3.53. The number of rotatable bonds is 4. The standard InChI is InChI=1S/C20H22N2O/c1-2-7-18(8-3-1)23-15-22-12-10-16(11-13-22)20-19-9-5-4-6-17(19)14-21-20/h1-9,16H,10-15H2. The second kappa shape index (κ2) is 6.55. The van der Waals surface area contributed by atoms with Gasteiger partial charge >= 0.3 is 0 Å². The number of hydrogen-bond donors (Lipinski definition) is 0. The van der Waals surface area contributed by atoms with Crippen molar-refractivity contribution in [2.45, 2.75) is 19.4 Å². The molecule has 0 radical (unpaired) electrons. The number of ether oxygens (including phenoxy) is 1. The summed E-state index contributed by atoms with van der Waals surface area (Å²) in [6.45, 7) is 3.71. The van der Waals surface area contributed by atoms with Gasteiger partial charge in [0.15, 0.2) is 0 Å². The SMILES string of the molecule is c1ccc(OCN2CCC(C3=NCc4ccccc43)CC2)cc1. The fourth-order valence-electron chi connectivity index (χ4n) is 3.53. The molecular weight excluding hydrogens is 284 g/mol. The predicted molar refractivity (Wildman–Crippen MR) is 92.9 cm³/mol. The first-order chi connectivity index (χ1) is 11.4. The lowest BCUT2D eigenvalue weighted by molar-refractivity contribution is 0.0984. The third-order valence-corrected chi connectivity index (χ3v) is 4.84. The van der Waals surface area contributed by atoms with Crippen molar-refractivity contribution in [1.29, 1.82) is 0 Å². The van der Waals surface area contributed by atoms with Crippen molar-refractivity contribution in [3.63, 3.8) is 0 Å². The van der Waals surface area contributed by atoms with Gasteiger partial charge in [0.25, 0.3) is 0 Å². The highest BCUT2D eigenvalue weighted by molar-refractivity contribution is 6.05. The summed E-state index contributed by atoms with van der Waals surface area (Å²) in [6.07, 6.45) is 2.34. The summed E-state index contributed by atoms with van der Waals surface area (Å²) in [5.41, 5.74) is 4.10. The maximum atomic E-state index is 5.86. The second-order valence-electron chi connectivity index (χ2n) is 6.34. The zero-order valence-electron chi connectivity index (χ0n) is 13.3. The van der Waals surface area contributed by atoms with Gasteiger partial charge in [-0.15, -0.1) is 0 Å². The van der Waals surface area contributed by atoms with Crippen molar-refractivity contribution in [2.75, 3.05) is 19.8 Å². The van der Waals surface area contributed by atoms with Gasteiger partial charge in [0, 0.05) is 30.3 Å².